The van der Waals surface area contributed by atoms with Crippen LogP contribution >= 0.6 is 0 Å². The lowest BCUT2D eigenvalue weighted by atomic mass is 10.2. The molecule has 1 saturated heterocycles. The fourth-order valence-electron chi connectivity index (χ4n) is 2.86. The number of pyridine rings is 1. The van der Waals surface area contributed by atoms with Gasteiger partial charge < -0.3 is 9.84 Å². The zero-order valence-corrected chi connectivity index (χ0v) is 12.9. The molecule has 2 aromatic rings. The Morgan fingerprint density at radius 2 is 2.09 bits per heavy atom. The van der Waals surface area contributed by atoms with E-state index in [1.165, 1.54) is 0 Å². The molecule has 0 amide bonds. The molecule has 1 aliphatic heterocycles. The van der Waals surface area contributed by atoms with Crippen molar-refractivity contribution >= 4 is 5.97 Å². The molecule has 3 rings (SSSR count). The van der Waals surface area contributed by atoms with Gasteiger partial charge in [-0.05, 0) is 49.2 Å². The molecule has 0 aliphatic carbocycles. The molecule has 5 nitrogen and oxygen atoms in total. The number of aromatic nitrogens is 1. The smallest absolute Gasteiger partial charge is 0.320 e. The number of hydrogen-bond donors (Lipinski definition) is 1. The maximum absolute atomic E-state index is 11.2. The zero-order chi connectivity index (χ0) is 16.1. The van der Waals surface area contributed by atoms with Crippen LogP contribution in [0.2, 0.25) is 0 Å². The van der Waals surface area contributed by atoms with Crippen LogP contribution in [0.15, 0.2) is 48.7 Å². The maximum atomic E-state index is 11.2. The van der Waals surface area contributed by atoms with Gasteiger partial charge in [0.25, 0.3) is 0 Å². The van der Waals surface area contributed by atoms with E-state index in [9.17, 15) is 9.90 Å². The van der Waals surface area contributed by atoms with Gasteiger partial charge in [0.15, 0.2) is 0 Å². The molecule has 1 N–H and O–H groups in total. The Labute approximate surface area is 135 Å². The summed E-state index contributed by atoms with van der Waals surface area (Å²) in [5, 5.41) is 9.22. The van der Waals surface area contributed by atoms with E-state index >= 15 is 0 Å². The summed E-state index contributed by atoms with van der Waals surface area (Å²) in [5.41, 5.74) is 1.99. The van der Waals surface area contributed by atoms with Gasteiger partial charge in [0.05, 0.1) is 5.69 Å². The quantitative estimate of drug-likeness (QED) is 0.888. The van der Waals surface area contributed by atoms with Gasteiger partial charge >= 0.3 is 5.97 Å². The largest absolute Gasteiger partial charge is 0.487 e. The average molecular weight is 312 g/mol. The normalized spacial score (nSPS) is 18.0. The minimum absolute atomic E-state index is 0.352. The second kappa shape index (κ2) is 7.24. The molecule has 1 aliphatic rings. The second-order valence-corrected chi connectivity index (χ2v) is 5.72. The van der Waals surface area contributed by atoms with Crippen molar-refractivity contribution in [1.82, 2.24) is 9.88 Å². The Morgan fingerprint density at radius 1 is 1.26 bits per heavy atom. The Morgan fingerprint density at radius 3 is 2.78 bits per heavy atom. The van der Waals surface area contributed by atoms with Crippen LogP contribution in [-0.2, 0) is 17.9 Å². The third-order valence-corrected chi connectivity index (χ3v) is 4.07. The lowest BCUT2D eigenvalue weighted by Gasteiger charge is -2.21. The molecule has 5 heteroatoms. The zero-order valence-electron chi connectivity index (χ0n) is 12.9. The minimum Gasteiger partial charge on any atom is -0.487 e. The third kappa shape index (κ3) is 4.07. The monoisotopic (exact) mass is 312 g/mol. The average Bonchev–Trinajstić information content (AvgIpc) is 3.04. The minimum atomic E-state index is -0.724. The lowest BCUT2D eigenvalue weighted by molar-refractivity contribution is -0.142. The van der Waals surface area contributed by atoms with E-state index in [0.717, 1.165) is 36.4 Å². The number of benzene rings is 1. The number of carboxylic acids is 1. The molecule has 0 radical (unpaired) electrons. The van der Waals surface area contributed by atoms with E-state index in [4.69, 9.17) is 4.74 Å². The second-order valence-electron chi connectivity index (χ2n) is 5.72. The molecular formula is C18H20N2O3. The number of likely N-dealkylation sites (tertiary alicyclic amines) is 1. The summed E-state index contributed by atoms with van der Waals surface area (Å²) < 4.78 is 5.71. The number of aliphatic carboxylic acids is 1. The molecule has 1 fully saturated rings. The third-order valence-electron chi connectivity index (χ3n) is 4.07. The van der Waals surface area contributed by atoms with Crippen molar-refractivity contribution in [2.75, 3.05) is 6.54 Å². The summed E-state index contributed by atoms with van der Waals surface area (Å²) in [6, 6.07) is 13.2. The predicted molar refractivity (Wildman–Crippen MR) is 86.1 cm³/mol. The molecule has 1 unspecified atom stereocenters. The summed E-state index contributed by atoms with van der Waals surface area (Å²) >= 11 is 0. The fraction of sp³-hybridized carbons (Fsp3) is 0.333. The van der Waals surface area contributed by atoms with Crippen LogP contribution in [0.5, 0.6) is 5.75 Å². The molecule has 120 valence electrons. The summed E-state index contributed by atoms with van der Waals surface area (Å²) in [4.78, 5) is 17.4. The van der Waals surface area contributed by atoms with Gasteiger partial charge in [0.2, 0.25) is 0 Å². The summed E-state index contributed by atoms with van der Waals surface area (Å²) in [7, 11) is 0. The van der Waals surface area contributed by atoms with E-state index < -0.39 is 5.97 Å². The number of rotatable bonds is 6. The van der Waals surface area contributed by atoms with Crippen molar-refractivity contribution in [3.63, 3.8) is 0 Å². The van der Waals surface area contributed by atoms with Crippen LogP contribution in [0, 0.1) is 0 Å². The van der Waals surface area contributed by atoms with Crippen molar-refractivity contribution in [2.24, 2.45) is 0 Å². The topological polar surface area (TPSA) is 62.7 Å². The highest BCUT2D eigenvalue weighted by Gasteiger charge is 2.30. The van der Waals surface area contributed by atoms with Gasteiger partial charge in [-0.2, -0.15) is 0 Å². The van der Waals surface area contributed by atoms with Gasteiger partial charge in [0, 0.05) is 12.7 Å². The van der Waals surface area contributed by atoms with Gasteiger partial charge in [0.1, 0.15) is 18.4 Å². The van der Waals surface area contributed by atoms with Crippen LogP contribution in [0.4, 0.5) is 0 Å². The maximum Gasteiger partial charge on any atom is 0.320 e. The molecule has 2 heterocycles. The highest BCUT2D eigenvalue weighted by atomic mass is 16.5. The van der Waals surface area contributed by atoms with E-state index in [-0.39, 0.29) is 6.04 Å². The van der Waals surface area contributed by atoms with Crippen LogP contribution < -0.4 is 4.74 Å². The molecule has 0 spiro atoms. The molecule has 1 aromatic heterocycles. The molecule has 1 atom stereocenters. The van der Waals surface area contributed by atoms with Gasteiger partial charge in [-0.1, -0.05) is 18.2 Å². The molecule has 1 aromatic carbocycles. The molecular weight excluding hydrogens is 292 g/mol. The van der Waals surface area contributed by atoms with Crippen LogP contribution in [0.1, 0.15) is 24.1 Å². The van der Waals surface area contributed by atoms with Crippen LogP contribution in [0.3, 0.4) is 0 Å². The SMILES string of the molecule is O=C(O)C1CCCN1Cc1ccc(OCc2ccccn2)cc1. The molecule has 0 bridgehead atoms. The van der Waals surface area contributed by atoms with Crippen molar-refractivity contribution in [3.8, 4) is 5.75 Å². The van der Waals surface area contributed by atoms with Crippen molar-refractivity contribution in [3.05, 3.63) is 59.9 Å². The van der Waals surface area contributed by atoms with Crippen LogP contribution in [-0.4, -0.2) is 33.5 Å². The van der Waals surface area contributed by atoms with E-state index in [1.807, 2.05) is 47.4 Å². The van der Waals surface area contributed by atoms with Crippen LogP contribution in [0.25, 0.3) is 0 Å². The summed E-state index contributed by atoms with van der Waals surface area (Å²) in [6.07, 6.45) is 3.43. The number of carboxylic acid groups (broad SMARTS) is 1. The van der Waals surface area contributed by atoms with Gasteiger partial charge in [-0.15, -0.1) is 0 Å². The number of ether oxygens (including phenoxy) is 1. The summed E-state index contributed by atoms with van der Waals surface area (Å²) in [6.45, 7) is 1.94. The van der Waals surface area contributed by atoms with Crippen molar-refractivity contribution in [1.29, 1.82) is 0 Å². The Bertz CT molecular complexity index is 643. The Balaban J connectivity index is 1.56. The standard InChI is InChI=1S/C18H20N2O3/c21-18(22)17-5-3-11-20(17)12-14-6-8-16(9-7-14)23-13-15-4-1-2-10-19-15/h1-2,4,6-10,17H,3,5,11-13H2,(H,21,22). The van der Waals surface area contributed by atoms with Gasteiger partial charge in [-0.3, -0.25) is 14.7 Å². The van der Waals surface area contributed by atoms with E-state index in [1.54, 1.807) is 6.20 Å². The fourth-order valence-corrected chi connectivity index (χ4v) is 2.86. The first-order valence-corrected chi connectivity index (χ1v) is 7.81. The van der Waals surface area contributed by atoms with Gasteiger partial charge in [-0.25, -0.2) is 0 Å². The predicted octanol–water partition coefficient (Wildman–Crippen LogP) is 2.71. The Hall–Kier alpha value is -2.40. The highest BCUT2D eigenvalue weighted by molar-refractivity contribution is 5.73. The van der Waals surface area contributed by atoms with Crippen molar-refractivity contribution in [2.45, 2.75) is 32.0 Å². The lowest BCUT2D eigenvalue weighted by Crippen LogP contribution is -2.35. The first-order chi connectivity index (χ1) is 11.2. The molecule has 0 saturated carbocycles. The number of carbonyl (C=O) groups is 1. The van der Waals surface area contributed by atoms with E-state index in [0.29, 0.717) is 13.2 Å². The van der Waals surface area contributed by atoms with Crippen molar-refractivity contribution < 1.29 is 14.6 Å². The molecule has 23 heavy (non-hydrogen) atoms. The first kappa shape index (κ1) is 15.5. The number of nitrogens with zero attached hydrogens (tertiary/aromatic N) is 2. The van der Waals surface area contributed by atoms with E-state index in [2.05, 4.69) is 4.98 Å². The first-order valence-electron chi connectivity index (χ1n) is 7.81. The highest BCUT2D eigenvalue weighted by Crippen LogP contribution is 2.21. The summed E-state index contributed by atoms with van der Waals surface area (Å²) in [5.74, 6) is 0.0634. The number of hydrogen-bond acceptors (Lipinski definition) is 4. The Kier molecular flexibility index (Phi) is 4.88.